The maximum absolute atomic E-state index is 6.39. The zero-order valence-corrected chi connectivity index (χ0v) is 14.8. The second kappa shape index (κ2) is 6.33. The molecular weight excluding hydrogens is 338 g/mol. The molecule has 0 fully saturated rings. The normalized spacial score (nSPS) is 12.6. The summed E-state index contributed by atoms with van der Waals surface area (Å²) in [5.41, 5.74) is 3.70. The Bertz CT molecular complexity index is 914. The van der Waals surface area contributed by atoms with Crippen molar-refractivity contribution in [1.29, 1.82) is 0 Å². The fourth-order valence-electron chi connectivity index (χ4n) is 3.26. The number of nitrogens with zero attached hydrogens (tertiary/aromatic N) is 2. The molecule has 0 atom stereocenters. The minimum Gasteiger partial charge on any atom is -0.496 e. The molecule has 3 aromatic rings. The molecule has 0 amide bonds. The lowest BCUT2D eigenvalue weighted by Gasteiger charge is -2.12. The predicted molar refractivity (Wildman–Crippen MR) is 99.3 cm³/mol. The number of hydrogen-bond donors (Lipinski definition) is 1. The highest BCUT2D eigenvalue weighted by Crippen LogP contribution is 2.43. The molecule has 1 aliphatic heterocycles. The van der Waals surface area contributed by atoms with Crippen molar-refractivity contribution in [1.82, 2.24) is 9.78 Å². The first-order valence-electron chi connectivity index (χ1n) is 8.06. The lowest BCUT2D eigenvalue weighted by Crippen LogP contribution is -2.05. The molecule has 1 aromatic heterocycles. The number of ether oxygens (including phenoxy) is 2. The summed E-state index contributed by atoms with van der Waals surface area (Å²) in [6, 6.07) is 13.4. The van der Waals surface area contributed by atoms with Gasteiger partial charge in [-0.15, -0.1) is 0 Å². The Balaban J connectivity index is 1.98. The van der Waals surface area contributed by atoms with Gasteiger partial charge in [0.05, 0.1) is 30.5 Å². The summed E-state index contributed by atoms with van der Waals surface area (Å²) in [6.07, 6.45) is 0.885. The molecular formula is C19H18ClN3O2. The number of hydrogen-bond acceptors (Lipinski definition) is 4. The summed E-state index contributed by atoms with van der Waals surface area (Å²) in [5, 5.41) is 8.93. The molecule has 2 heterocycles. The first-order valence-corrected chi connectivity index (χ1v) is 8.44. The van der Waals surface area contributed by atoms with Crippen LogP contribution in [0.15, 0.2) is 42.5 Å². The van der Waals surface area contributed by atoms with Gasteiger partial charge in [0.25, 0.3) is 0 Å². The minimum atomic E-state index is 0.653. The number of rotatable bonds is 4. The quantitative estimate of drug-likeness (QED) is 0.762. The Morgan fingerprint density at radius 1 is 1.04 bits per heavy atom. The summed E-state index contributed by atoms with van der Waals surface area (Å²) in [7, 11) is 3.31. The van der Waals surface area contributed by atoms with E-state index in [0.717, 1.165) is 52.8 Å². The monoisotopic (exact) mass is 355 g/mol. The van der Waals surface area contributed by atoms with Gasteiger partial charge in [0.1, 0.15) is 23.0 Å². The lowest BCUT2D eigenvalue weighted by atomic mass is 10.0. The summed E-state index contributed by atoms with van der Waals surface area (Å²) < 4.78 is 13.0. The summed E-state index contributed by atoms with van der Waals surface area (Å²) in [4.78, 5) is 0. The fourth-order valence-corrected chi connectivity index (χ4v) is 3.47. The van der Waals surface area contributed by atoms with Crippen LogP contribution in [0.25, 0.3) is 16.9 Å². The van der Waals surface area contributed by atoms with Crippen molar-refractivity contribution in [2.45, 2.75) is 6.42 Å². The fraction of sp³-hybridized carbons (Fsp3) is 0.211. The molecule has 0 saturated heterocycles. The van der Waals surface area contributed by atoms with Gasteiger partial charge in [0.15, 0.2) is 0 Å². The zero-order chi connectivity index (χ0) is 17.4. The van der Waals surface area contributed by atoms with Gasteiger partial charge >= 0.3 is 0 Å². The average molecular weight is 356 g/mol. The number of methoxy groups -OCH3 is 2. The Labute approximate surface area is 151 Å². The number of halogens is 1. The number of para-hydroxylation sites is 1. The van der Waals surface area contributed by atoms with Gasteiger partial charge < -0.3 is 14.8 Å². The molecule has 0 bridgehead atoms. The highest BCUT2D eigenvalue weighted by molar-refractivity contribution is 6.32. The van der Waals surface area contributed by atoms with E-state index in [9.17, 15) is 0 Å². The molecule has 0 saturated carbocycles. The topological polar surface area (TPSA) is 48.3 Å². The number of benzene rings is 2. The van der Waals surface area contributed by atoms with E-state index in [1.807, 2.05) is 47.1 Å². The van der Waals surface area contributed by atoms with Crippen LogP contribution in [0.5, 0.6) is 11.5 Å². The van der Waals surface area contributed by atoms with E-state index in [1.54, 1.807) is 14.2 Å². The van der Waals surface area contributed by atoms with Crippen LogP contribution >= 0.6 is 11.6 Å². The molecule has 1 N–H and O–H groups in total. The highest BCUT2D eigenvalue weighted by Gasteiger charge is 2.28. The number of aromatic nitrogens is 2. The molecule has 1 aliphatic rings. The van der Waals surface area contributed by atoms with Gasteiger partial charge in [0, 0.05) is 12.1 Å². The van der Waals surface area contributed by atoms with Gasteiger partial charge in [-0.1, -0.05) is 29.8 Å². The maximum Gasteiger partial charge on any atom is 0.133 e. The Kier molecular flexibility index (Phi) is 4.01. The summed E-state index contributed by atoms with van der Waals surface area (Å²) in [6.45, 7) is 0.863. The molecule has 6 heteroatoms. The first-order chi connectivity index (χ1) is 12.2. The highest BCUT2D eigenvalue weighted by atomic mass is 35.5. The summed E-state index contributed by atoms with van der Waals surface area (Å²) in [5.74, 6) is 2.44. The second-order valence-corrected chi connectivity index (χ2v) is 6.16. The van der Waals surface area contributed by atoms with Crippen molar-refractivity contribution < 1.29 is 9.47 Å². The van der Waals surface area contributed by atoms with E-state index in [0.29, 0.717) is 5.02 Å². The number of anilines is 1. The zero-order valence-electron chi connectivity index (χ0n) is 14.0. The number of fused-ring (bicyclic) bond motifs is 1. The van der Waals surface area contributed by atoms with E-state index in [2.05, 4.69) is 5.32 Å². The Morgan fingerprint density at radius 3 is 2.44 bits per heavy atom. The largest absolute Gasteiger partial charge is 0.496 e. The third kappa shape index (κ3) is 2.51. The Morgan fingerprint density at radius 2 is 1.76 bits per heavy atom. The molecule has 0 radical (unpaired) electrons. The van der Waals surface area contributed by atoms with Gasteiger partial charge in [0.2, 0.25) is 0 Å². The molecule has 128 valence electrons. The van der Waals surface area contributed by atoms with Gasteiger partial charge in [-0.05, 0) is 30.7 Å². The van der Waals surface area contributed by atoms with Crippen LogP contribution in [-0.2, 0) is 6.42 Å². The average Bonchev–Trinajstić information content (AvgIpc) is 3.24. The van der Waals surface area contributed by atoms with Crippen LogP contribution in [0.2, 0.25) is 5.02 Å². The molecule has 0 unspecified atom stereocenters. The first kappa shape index (κ1) is 15.8. The Hall–Kier alpha value is -2.66. The van der Waals surface area contributed by atoms with Crippen LogP contribution in [0.1, 0.15) is 5.56 Å². The van der Waals surface area contributed by atoms with Crippen LogP contribution in [-0.4, -0.2) is 30.5 Å². The van der Waals surface area contributed by atoms with Crippen LogP contribution in [0.3, 0.4) is 0 Å². The van der Waals surface area contributed by atoms with E-state index < -0.39 is 0 Å². The van der Waals surface area contributed by atoms with Crippen molar-refractivity contribution in [2.24, 2.45) is 0 Å². The molecule has 5 nitrogen and oxygen atoms in total. The van der Waals surface area contributed by atoms with E-state index in [-0.39, 0.29) is 0 Å². The van der Waals surface area contributed by atoms with E-state index in [4.69, 9.17) is 26.2 Å². The molecule has 4 rings (SSSR count). The third-order valence-corrected chi connectivity index (χ3v) is 4.72. The van der Waals surface area contributed by atoms with Crippen molar-refractivity contribution in [3.05, 3.63) is 53.1 Å². The van der Waals surface area contributed by atoms with Crippen molar-refractivity contribution in [2.75, 3.05) is 26.1 Å². The van der Waals surface area contributed by atoms with E-state index >= 15 is 0 Å². The maximum atomic E-state index is 6.39. The smallest absolute Gasteiger partial charge is 0.133 e. The molecule has 0 spiro atoms. The van der Waals surface area contributed by atoms with Gasteiger partial charge in [-0.3, -0.25) is 0 Å². The second-order valence-electron chi connectivity index (χ2n) is 5.75. The van der Waals surface area contributed by atoms with Gasteiger partial charge in [-0.25, -0.2) is 4.68 Å². The van der Waals surface area contributed by atoms with Crippen LogP contribution < -0.4 is 14.8 Å². The molecule has 0 aliphatic carbocycles. The van der Waals surface area contributed by atoms with Crippen LogP contribution in [0, 0.1) is 0 Å². The van der Waals surface area contributed by atoms with Crippen molar-refractivity contribution in [3.63, 3.8) is 0 Å². The minimum absolute atomic E-state index is 0.653. The third-order valence-electron chi connectivity index (χ3n) is 4.40. The standard InChI is InChI=1S/C19H18ClN3O2/c1-24-15-8-5-9-16(25-2)17(15)18-12-10-11-21-19(12)23(22-18)14-7-4-3-6-13(14)20/h3-9,21H,10-11H2,1-2H3. The van der Waals surface area contributed by atoms with Crippen molar-refractivity contribution >= 4 is 17.4 Å². The van der Waals surface area contributed by atoms with Gasteiger partial charge in [-0.2, -0.15) is 5.10 Å². The molecule has 2 aromatic carbocycles. The van der Waals surface area contributed by atoms with E-state index in [1.165, 1.54) is 0 Å². The molecule has 25 heavy (non-hydrogen) atoms. The number of nitrogens with one attached hydrogen (secondary N) is 1. The lowest BCUT2D eigenvalue weighted by molar-refractivity contribution is 0.397. The SMILES string of the molecule is COc1cccc(OC)c1-c1nn(-c2ccccc2Cl)c2c1CCN2. The predicted octanol–water partition coefficient (Wildman–Crippen LogP) is 4.18. The van der Waals surface area contributed by atoms with Crippen LogP contribution in [0.4, 0.5) is 5.82 Å². The summed E-state index contributed by atoms with van der Waals surface area (Å²) >= 11 is 6.39. The van der Waals surface area contributed by atoms with Crippen molar-refractivity contribution in [3.8, 4) is 28.4 Å².